The molecule has 0 bridgehead atoms. The van der Waals surface area contributed by atoms with Gasteiger partial charge < -0.3 is 9.13 Å². The van der Waals surface area contributed by atoms with E-state index in [1.54, 1.807) is 0 Å². The average Bonchev–Trinajstić information content (AvgIpc) is 3.83. The van der Waals surface area contributed by atoms with Gasteiger partial charge in [0.25, 0.3) is 0 Å². The quantitative estimate of drug-likeness (QED) is 0.153. The molecule has 0 aliphatic heterocycles. The van der Waals surface area contributed by atoms with E-state index < -0.39 is 0 Å². The molecule has 10 rings (SSSR count). The summed E-state index contributed by atoms with van der Waals surface area (Å²) in [5.74, 6) is 0. The van der Waals surface area contributed by atoms with Gasteiger partial charge in [0.05, 0.1) is 0 Å². The first-order chi connectivity index (χ1) is 30.6. The molecule has 8 aromatic carbocycles. The van der Waals surface area contributed by atoms with Gasteiger partial charge in [0.15, 0.2) is 0 Å². The second-order valence-electron chi connectivity index (χ2n) is 19.2. The lowest BCUT2D eigenvalue weighted by Gasteiger charge is -2.20. The Morgan fingerprint density at radius 1 is 0.281 bits per heavy atom. The molecule has 16 heteroatoms. The minimum Gasteiger partial charge on any atom is -0.311 e. The van der Waals surface area contributed by atoms with Crippen molar-refractivity contribution in [3.8, 4) is 44.8 Å². The van der Waals surface area contributed by atoms with E-state index in [4.69, 9.17) is 0 Å². The van der Waals surface area contributed by atoms with Crippen LogP contribution in [0.5, 0.6) is 0 Å². The van der Waals surface area contributed by atoms with Crippen LogP contribution >= 0.6 is 0 Å². The van der Waals surface area contributed by atoms with Crippen LogP contribution in [-0.4, -0.2) is 119 Å². The maximum atomic E-state index is 2.60. The van der Waals surface area contributed by atoms with Crippen LogP contribution in [0.2, 0.25) is 0 Å². The third-order valence-electron chi connectivity index (χ3n) is 15.0. The van der Waals surface area contributed by atoms with Gasteiger partial charge in [-0.1, -0.05) is 167 Å². The zero-order chi connectivity index (χ0) is 45.2. The largest absolute Gasteiger partial charge is 0.311 e. The summed E-state index contributed by atoms with van der Waals surface area (Å²) in [7, 11) is 32.1. The fourth-order valence-electron chi connectivity index (χ4n) is 11.3. The number of benzene rings is 8. The smallest absolute Gasteiger partial charge is 0.142 e. The van der Waals surface area contributed by atoms with Crippen molar-refractivity contribution in [3.05, 3.63) is 109 Å². The Morgan fingerprint density at radius 3 is 1.19 bits per heavy atom. The second-order valence-corrected chi connectivity index (χ2v) is 19.2. The van der Waals surface area contributed by atoms with Crippen LogP contribution in [0.25, 0.3) is 88.4 Å². The highest BCUT2D eigenvalue weighted by Gasteiger charge is 2.26. The van der Waals surface area contributed by atoms with Crippen molar-refractivity contribution in [1.82, 2.24) is 9.13 Å². The summed E-state index contributed by atoms with van der Waals surface area (Å²) in [6.45, 7) is 0. The highest BCUT2D eigenvalue weighted by Crippen LogP contribution is 2.34. The van der Waals surface area contributed by atoms with E-state index >= 15 is 0 Å². The third-order valence-corrected chi connectivity index (χ3v) is 15.0. The maximum absolute atomic E-state index is 2.60. The van der Waals surface area contributed by atoms with Gasteiger partial charge >= 0.3 is 0 Å². The third kappa shape index (κ3) is 6.29. The van der Waals surface area contributed by atoms with Gasteiger partial charge in [0, 0.05) is 44.2 Å². The van der Waals surface area contributed by atoms with E-state index in [0.717, 1.165) is 0 Å². The molecule has 0 aliphatic rings. The van der Waals surface area contributed by atoms with Crippen molar-refractivity contribution in [2.45, 2.75) is 0 Å². The van der Waals surface area contributed by atoms with Crippen LogP contribution in [0.15, 0.2) is 109 Å². The van der Waals surface area contributed by atoms with Gasteiger partial charge in [-0.05, 0) is 62.4 Å². The van der Waals surface area contributed by atoms with Gasteiger partial charge in [0.1, 0.15) is 110 Å². The van der Waals surface area contributed by atoms with Crippen molar-refractivity contribution >= 4 is 230 Å². The average molecular weight is 802 g/mol. The molecule has 2 heterocycles. The molecule has 0 N–H and O–H groups in total. The van der Waals surface area contributed by atoms with Crippen LogP contribution < -0.4 is 76.5 Å². The molecule has 64 heavy (non-hydrogen) atoms. The molecule has 0 unspecified atom stereocenters. The van der Waals surface area contributed by atoms with Crippen LogP contribution in [0.3, 0.4) is 0 Å². The van der Waals surface area contributed by atoms with Gasteiger partial charge in [-0.2, -0.15) is 0 Å². The molecular weight excluding hydrogens is 756 g/mol. The zero-order valence-electron chi connectivity index (χ0n) is 40.3. The molecule has 2 nitrogen and oxygen atoms in total. The molecule has 0 fully saturated rings. The van der Waals surface area contributed by atoms with Crippen molar-refractivity contribution in [3.63, 3.8) is 0 Å². The van der Waals surface area contributed by atoms with Crippen molar-refractivity contribution in [2.24, 2.45) is 0 Å². The molecule has 0 radical (unpaired) electrons. The first-order valence-corrected chi connectivity index (χ1v) is 23.0. The van der Waals surface area contributed by atoms with E-state index in [2.05, 4.69) is 228 Å². The summed E-state index contributed by atoms with van der Waals surface area (Å²) >= 11 is 0. The Morgan fingerprint density at radius 2 is 0.703 bits per heavy atom. The zero-order valence-corrected chi connectivity index (χ0v) is 40.3. The van der Waals surface area contributed by atoms with E-state index in [1.165, 1.54) is 165 Å². The van der Waals surface area contributed by atoms with Gasteiger partial charge in [0.2, 0.25) is 0 Å². The van der Waals surface area contributed by atoms with Crippen LogP contribution in [0.1, 0.15) is 0 Å². The molecule has 0 saturated heterocycles. The molecule has 0 aliphatic carbocycles. The fourth-order valence-corrected chi connectivity index (χ4v) is 11.3. The highest BCUT2D eigenvalue weighted by atomic mass is 15.0. The number of rotatable bonds is 5. The van der Waals surface area contributed by atoms with E-state index in [-0.39, 0.29) is 0 Å². The highest BCUT2D eigenvalue weighted by molar-refractivity contribution is 6.63. The van der Waals surface area contributed by atoms with Crippen LogP contribution in [0, 0.1) is 0 Å². The van der Waals surface area contributed by atoms with E-state index in [1.807, 2.05) is 0 Å². The Bertz CT molecular complexity index is 3650. The van der Waals surface area contributed by atoms with E-state index in [0.29, 0.717) is 0 Å². The monoisotopic (exact) mass is 804 g/mol. The first-order valence-electron chi connectivity index (χ1n) is 23.0. The maximum Gasteiger partial charge on any atom is 0.142 e. The normalized spacial score (nSPS) is 11.7. The molecular formula is C48H46B14N2. The Kier molecular flexibility index (Phi) is 10.2. The molecule has 0 spiro atoms. The summed E-state index contributed by atoms with van der Waals surface area (Å²) in [6, 6.07) is 41.6. The molecule has 2 aromatic heterocycles. The molecule has 0 saturated carbocycles. The number of nitrogens with zero attached hydrogens (tertiary/aromatic N) is 2. The van der Waals surface area contributed by atoms with Gasteiger partial charge in [-0.25, -0.2) is 0 Å². The number of hydrogen-bond acceptors (Lipinski definition) is 0. The standard InChI is InChI=1S/C48H46B14N2/c49-21-8-4-19(5-9-21)24-2-1-3-35(40(24)58)64-47-32(55)16-27(42(60)37(47)39-44(62)30(53)18-34(57)48(39)64)26-15-31(54)45-36(41(26)59)38-43(61)29(52)17-33(56)46(38)63(45)23-12-13-28(51)25(14-23)20-6-10-22(50)11-7-20/h1-18H,49-62H2. The Hall–Kier alpha value is -5.73. The summed E-state index contributed by atoms with van der Waals surface area (Å²) in [5, 5.41) is 5.46. The topological polar surface area (TPSA) is 9.86 Å². The lowest BCUT2D eigenvalue weighted by molar-refractivity contribution is 1.19. The number of hydrogen-bond donors (Lipinski definition) is 0. The minimum atomic E-state index is 1.20. The molecule has 0 amide bonds. The summed E-state index contributed by atoms with van der Waals surface area (Å²) in [4.78, 5) is 0. The van der Waals surface area contributed by atoms with Gasteiger partial charge in [-0.15, -0.1) is 0 Å². The number of aromatic nitrogens is 2. The molecule has 290 valence electrons. The molecule has 10 aromatic rings. The second kappa shape index (κ2) is 15.5. The molecule has 0 atom stereocenters. The number of fused-ring (bicyclic) bond motifs is 6. The lowest BCUT2D eigenvalue weighted by atomic mass is 9.70. The first kappa shape index (κ1) is 42.2. The lowest BCUT2D eigenvalue weighted by Crippen LogP contribution is -2.32. The fraction of sp³-hybridized carbons (Fsp3) is 0. The van der Waals surface area contributed by atoms with Gasteiger partial charge in [-0.3, -0.25) is 0 Å². The Labute approximate surface area is 390 Å². The van der Waals surface area contributed by atoms with Crippen molar-refractivity contribution in [1.29, 1.82) is 0 Å². The van der Waals surface area contributed by atoms with Crippen LogP contribution in [0.4, 0.5) is 0 Å². The predicted octanol–water partition coefficient (Wildman–Crippen LogP) is -11.5. The van der Waals surface area contributed by atoms with E-state index in [9.17, 15) is 0 Å². The Balaban J connectivity index is 1.28. The predicted molar refractivity (Wildman–Crippen MR) is 326 cm³/mol. The summed E-state index contributed by atoms with van der Waals surface area (Å²) < 4.78 is 5.18. The summed E-state index contributed by atoms with van der Waals surface area (Å²) in [6.07, 6.45) is 0. The minimum absolute atomic E-state index is 1.20. The van der Waals surface area contributed by atoms with Crippen LogP contribution in [-0.2, 0) is 0 Å². The van der Waals surface area contributed by atoms with Crippen molar-refractivity contribution in [2.75, 3.05) is 0 Å². The SMILES string of the molecule is Bc1ccc(-c2cc(-n3c4c(B)cc(B)c(B)c4c4c(B)c(-c5cc(B)c6c(c5B)c5c(B)c(B)cc(B)c5n6-c5cccc(-c6ccc(B)cc6)c5B)cc(B)c43)ccc2B)cc1. The summed E-state index contributed by atoms with van der Waals surface area (Å²) in [5.41, 5.74) is 33.7. The van der Waals surface area contributed by atoms with Crippen molar-refractivity contribution < 1.29 is 0 Å².